The summed E-state index contributed by atoms with van der Waals surface area (Å²) in [5.74, 6) is -0.300. The van der Waals surface area contributed by atoms with Gasteiger partial charge in [-0.1, -0.05) is 212 Å². The second-order valence-corrected chi connectivity index (χ2v) is 18.7. The quantitative estimate of drug-likeness (QED) is 0.0558. The van der Waals surface area contributed by atoms with E-state index in [-0.39, 0.29) is 58.8 Å². The molecular weight excluding hydrogens is 947 g/mol. The molecule has 1 amide bonds. The topological polar surface area (TPSA) is 121 Å². The van der Waals surface area contributed by atoms with E-state index in [9.17, 15) is 4.79 Å². The summed E-state index contributed by atoms with van der Waals surface area (Å²) in [6.07, 6.45) is -7.35. The molecule has 0 aliphatic carbocycles. The molecule has 1 N–H and O–H groups in total. The third-order valence-electron chi connectivity index (χ3n) is 13.1. The van der Waals surface area contributed by atoms with Gasteiger partial charge in [-0.2, -0.15) is 0 Å². The standard InChI is InChI=1S/C63H67NO11/c1-46(65)64-56-59(69-40-50-29-15-5-16-30-50)57(67-38-48-25-11-3-12-26-48)54(44-66-37-47-23-9-2-10-24-47)74-62(56)73-45-55-58(68-39-49-27-13-4-14-28-49)60(70-41-51-31-17-6-18-32-51)61(71-42-52-33-19-7-20-34-52)63(75-55)72-43-53-35-21-8-22-36-53/h2-36,54-63H,37-45H2,1H3,(H,64,65)/t54-,55-,56-,57-,58-,59-,60+,61-,62-,63-/m1/s1. The third kappa shape index (κ3) is 16.1. The van der Waals surface area contributed by atoms with Crippen molar-refractivity contribution in [2.75, 3.05) is 13.2 Å². The summed E-state index contributed by atoms with van der Waals surface area (Å²) in [7, 11) is 0. The molecule has 7 aromatic rings. The molecule has 0 radical (unpaired) electrons. The van der Waals surface area contributed by atoms with Gasteiger partial charge in [-0.25, -0.2) is 0 Å². The van der Waals surface area contributed by atoms with Crippen molar-refractivity contribution in [1.82, 2.24) is 5.32 Å². The van der Waals surface area contributed by atoms with E-state index >= 15 is 0 Å². The van der Waals surface area contributed by atoms with Crippen LogP contribution in [0.4, 0.5) is 0 Å². The maximum absolute atomic E-state index is 13.4. The van der Waals surface area contributed by atoms with Crippen molar-refractivity contribution in [1.29, 1.82) is 0 Å². The van der Waals surface area contributed by atoms with Crippen molar-refractivity contribution in [3.8, 4) is 0 Å². The Morgan fingerprint density at radius 1 is 0.347 bits per heavy atom. The van der Waals surface area contributed by atoms with Crippen LogP contribution in [-0.4, -0.2) is 80.5 Å². The predicted molar refractivity (Wildman–Crippen MR) is 283 cm³/mol. The van der Waals surface area contributed by atoms with E-state index in [0.29, 0.717) is 6.61 Å². The summed E-state index contributed by atoms with van der Waals surface area (Å²) < 4.78 is 68.9. The van der Waals surface area contributed by atoms with Gasteiger partial charge in [0.2, 0.25) is 5.91 Å². The molecule has 0 aromatic heterocycles. The average molecular weight is 1010 g/mol. The summed E-state index contributed by atoms with van der Waals surface area (Å²) in [5, 5.41) is 3.15. The number of ether oxygens (including phenoxy) is 10. The zero-order valence-corrected chi connectivity index (χ0v) is 42.3. The Hall–Kier alpha value is -6.39. The van der Waals surface area contributed by atoms with Crippen molar-refractivity contribution in [2.24, 2.45) is 0 Å². The molecule has 2 heterocycles. The fraction of sp³-hybridized carbons (Fsp3) is 0.317. The molecule has 2 saturated heterocycles. The van der Waals surface area contributed by atoms with Crippen LogP contribution in [0.25, 0.3) is 0 Å². The van der Waals surface area contributed by atoms with Crippen molar-refractivity contribution in [2.45, 2.75) is 115 Å². The smallest absolute Gasteiger partial charge is 0.217 e. The normalized spacial score (nSPS) is 23.6. The van der Waals surface area contributed by atoms with Gasteiger partial charge in [0, 0.05) is 6.92 Å². The number of nitrogens with one attached hydrogen (secondary N) is 1. The van der Waals surface area contributed by atoms with Crippen molar-refractivity contribution < 1.29 is 52.2 Å². The third-order valence-corrected chi connectivity index (χ3v) is 13.1. The Kier molecular flexibility index (Phi) is 20.3. The van der Waals surface area contributed by atoms with Gasteiger partial charge in [-0.05, 0) is 38.9 Å². The second kappa shape index (κ2) is 28.5. The monoisotopic (exact) mass is 1010 g/mol. The van der Waals surface area contributed by atoms with Crippen LogP contribution in [0.3, 0.4) is 0 Å². The molecule has 0 spiro atoms. The van der Waals surface area contributed by atoms with Crippen LogP contribution in [0.15, 0.2) is 212 Å². The number of benzene rings is 7. The number of hydrogen-bond donors (Lipinski definition) is 1. The van der Waals surface area contributed by atoms with Gasteiger partial charge in [0.25, 0.3) is 0 Å². The van der Waals surface area contributed by atoms with Crippen LogP contribution in [-0.2, 0) is 98.4 Å². The van der Waals surface area contributed by atoms with Gasteiger partial charge in [0.05, 0.1) is 59.5 Å². The molecule has 12 heteroatoms. The molecule has 0 bridgehead atoms. The fourth-order valence-corrected chi connectivity index (χ4v) is 9.32. The van der Waals surface area contributed by atoms with Crippen LogP contribution >= 0.6 is 0 Å². The highest BCUT2D eigenvalue weighted by Gasteiger charge is 2.52. The first kappa shape index (κ1) is 53.4. The predicted octanol–water partition coefficient (Wildman–Crippen LogP) is 10.3. The highest BCUT2D eigenvalue weighted by molar-refractivity contribution is 5.73. The molecule has 2 aliphatic rings. The summed E-state index contributed by atoms with van der Waals surface area (Å²) in [6.45, 7) is 3.32. The molecule has 10 atom stereocenters. The van der Waals surface area contributed by atoms with Gasteiger partial charge in [-0.3, -0.25) is 4.79 Å². The highest BCUT2D eigenvalue weighted by atomic mass is 16.7. The summed E-state index contributed by atoms with van der Waals surface area (Å²) in [6, 6.07) is 68.8. The molecule has 0 unspecified atom stereocenters. The maximum Gasteiger partial charge on any atom is 0.217 e. The number of carbonyl (C=O) groups excluding carboxylic acids is 1. The van der Waals surface area contributed by atoms with Gasteiger partial charge in [0.1, 0.15) is 48.8 Å². The first-order valence-electron chi connectivity index (χ1n) is 25.8. The zero-order chi connectivity index (χ0) is 51.3. The number of hydrogen-bond acceptors (Lipinski definition) is 11. The Balaban J connectivity index is 1.06. The molecule has 12 nitrogen and oxygen atoms in total. The van der Waals surface area contributed by atoms with E-state index < -0.39 is 61.3 Å². The fourth-order valence-electron chi connectivity index (χ4n) is 9.32. The van der Waals surface area contributed by atoms with E-state index in [0.717, 1.165) is 38.9 Å². The molecule has 390 valence electrons. The highest BCUT2D eigenvalue weighted by Crippen LogP contribution is 2.34. The molecule has 2 aliphatic heterocycles. The zero-order valence-electron chi connectivity index (χ0n) is 42.3. The first-order chi connectivity index (χ1) is 37.0. The Morgan fingerprint density at radius 3 is 1.05 bits per heavy atom. The van der Waals surface area contributed by atoms with Gasteiger partial charge in [-0.15, -0.1) is 0 Å². The van der Waals surface area contributed by atoms with Crippen molar-refractivity contribution in [3.05, 3.63) is 251 Å². The Labute approximate surface area is 440 Å². The number of rotatable bonds is 26. The molecular formula is C63H67NO11. The lowest BCUT2D eigenvalue weighted by atomic mass is 9.95. The van der Waals surface area contributed by atoms with E-state index in [2.05, 4.69) is 5.32 Å². The minimum absolute atomic E-state index is 0.0828. The molecule has 2 fully saturated rings. The van der Waals surface area contributed by atoms with Crippen LogP contribution in [0.5, 0.6) is 0 Å². The minimum atomic E-state index is -1.09. The van der Waals surface area contributed by atoms with E-state index in [1.807, 2.05) is 212 Å². The van der Waals surface area contributed by atoms with E-state index in [4.69, 9.17) is 47.4 Å². The molecule has 9 rings (SSSR count). The molecule has 75 heavy (non-hydrogen) atoms. The van der Waals surface area contributed by atoms with Crippen LogP contribution in [0, 0.1) is 0 Å². The lowest BCUT2D eigenvalue weighted by Gasteiger charge is -2.48. The first-order valence-corrected chi connectivity index (χ1v) is 25.8. The van der Waals surface area contributed by atoms with Crippen LogP contribution in [0.1, 0.15) is 45.9 Å². The summed E-state index contributed by atoms with van der Waals surface area (Å²) in [5.41, 5.74) is 6.79. The maximum atomic E-state index is 13.4. The van der Waals surface area contributed by atoms with Gasteiger partial charge >= 0.3 is 0 Å². The van der Waals surface area contributed by atoms with Gasteiger partial charge < -0.3 is 52.7 Å². The van der Waals surface area contributed by atoms with Crippen LogP contribution in [0.2, 0.25) is 0 Å². The second-order valence-electron chi connectivity index (χ2n) is 18.7. The molecule has 0 saturated carbocycles. The Bertz CT molecular complexity index is 2680. The SMILES string of the molecule is CC(=O)N[C@H]1[C@H](OC[C@H]2O[C@@H](OCc3ccccc3)[C@H](OCc3ccccc3)[C@@H](OCc3ccccc3)[C@@H]2OCc2ccccc2)O[C@H](COCc2ccccc2)[C@@H](OCc2ccccc2)[C@@H]1OCc1ccccc1. The summed E-state index contributed by atoms with van der Waals surface area (Å²) in [4.78, 5) is 13.4. The Morgan fingerprint density at radius 2 is 0.653 bits per heavy atom. The summed E-state index contributed by atoms with van der Waals surface area (Å²) >= 11 is 0. The molecule has 7 aromatic carbocycles. The van der Waals surface area contributed by atoms with Gasteiger partial charge in [0.15, 0.2) is 12.6 Å². The average Bonchev–Trinajstić information content (AvgIpc) is 3.46. The number of amides is 1. The number of carbonyl (C=O) groups is 1. The van der Waals surface area contributed by atoms with Crippen LogP contribution < -0.4 is 5.32 Å². The largest absolute Gasteiger partial charge is 0.374 e. The minimum Gasteiger partial charge on any atom is -0.374 e. The van der Waals surface area contributed by atoms with Crippen molar-refractivity contribution in [3.63, 3.8) is 0 Å². The van der Waals surface area contributed by atoms with E-state index in [1.54, 1.807) is 0 Å². The lowest BCUT2D eigenvalue weighted by Crippen LogP contribution is -2.67. The van der Waals surface area contributed by atoms with E-state index in [1.165, 1.54) is 6.92 Å². The van der Waals surface area contributed by atoms with Crippen molar-refractivity contribution >= 4 is 5.91 Å². The lowest BCUT2D eigenvalue weighted by molar-refractivity contribution is -0.342.